The molecule has 0 N–H and O–H groups in total. The number of benzene rings is 3. The quantitative estimate of drug-likeness (QED) is 0.297. The standard InChI is InChI=1S/C25H18BrN3O4/c1-31-20-11-10-16(26)12-15(20)14-27-29-24(28-19-7-4-3-6-17(19)25(29)30)23-13-18-21(32-2)8-5-9-22(18)33-23/h3-14H,1-2H3. The largest absolute Gasteiger partial charge is 0.496 e. The summed E-state index contributed by atoms with van der Waals surface area (Å²) in [4.78, 5) is 18.1. The number of para-hydroxylation sites is 1. The lowest BCUT2D eigenvalue weighted by atomic mass is 10.2. The third-order valence-electron chi connectivity index (χ3n) is 5.22. The van der Waals surface area contributed by atoms with Crippen molar-refractivity contribution in [2.24, 2.45) is 5.10 Å². The second-order valence-corrected chi connectivity index (χ2v) is 8.10. The van der Waals surface area contributed by atoms with Crippen LogP contribution in [0.2, 0.25) is 0 Å². The number of fused-ring (bicyclic) bond motifs is 2. The van der Waals surface area contributed by atoms with E-state index in [1.165, 1.54) is 4.68 Å². The fourth-order valence-electron chi connectivity index (χ4n) is 3.64. The van der Waals surface area contributed by atoms with Crippen LogP contribution in [0.5, 0.6) is 11.5 Å². The molecule has 0 amide bonds. The smallest absolute Gasteiger partial charge is 0.282 e. The number of methoxy groups -OCH3 is 2. The van der Waals surface area contributed by atoms with Crippen molar-refractivity contribution >= 4 is 44.0 Å². The molecule has 0 fully saturated rings. The van der Waals surface area contributed by atoms with Gasteiger partial charge in [-0.05, 0) is 48.5 Å². The van der Waals surface area contributed by atoms with Crippen molar-refractivity contribution in [2.45, 2.75) is 0 Å². The monoisotopic (exact) mass is 503 g/mol. The molecular weight excluding hydrogens is 486 g/mol. The highest BCUT2D eigenvalue weighted by atomic mass is 79.9. The van der Waals surface area contributed by atoms with Crippen molar-refractivity contribution in [1.29, 1.82) is 0 Å². The molecule has 2 heterocycles. The summed E-state index contributed by atoms with van der Waals surface area (Å²) in [6.07, 6.45) is 1.56. The minimum atomic E-state index is -0.312. The number of aromatic nitrogens is 2. The SMILES string of the molecule is COc1ccc(Br)cc1C=Nn1c(-c2cc3c(OC)cccc3o2)nc2ccccc2c1=O. The second-order valence-electron chi connectivity index (χ2n) is 7.18. The van der Waals surface area contributed by atoms with Gasteiger partial charge < -0.3 is 13.9 Å². The van der Waals surface area contributed by atoms with Crippen LogP contribution in [-0.2, 0) is 0 Å². The van der Waals surface area contributed by atoms with Gasteiger partial charge in [-0.1, -0.05) is 34.1 Å². The number of halogens is 1. The summed E-state index contributed by atoms with van der Waals surface area (Å²) < 4.78 is 19.0. The topological polar surface area (TPSA) is 78.8 Å². The molecule has 0 aliphatic carbocycles. The molecule has 5 aromatic rings. The highest BCUT2D eigenvalue weighted by Gasteiger charge is 2.18. The molecule has 0 atom stereocenters. The van der Waals surface area contributed by atoms with E-state index in [2.05, 4.69) is 21.0 Å². The lowest BCUT2D eigenvalue weighted by Crippen LogP contribution is -2.20. The van der Waals surface area contributed by atoms with Crippen molar-refractivity contribution in [3.05, 3.63) is 87.1 Å². The predicted molar refractivity (Wildman–Crippen MR) is 131 cm³/mol. The first-order chi connectivity index (χ1) is 16.1. The van der Waals surface area contributed by atoms with Gasteiger partial charge >= 0.3 is 0 Å². The molecule has 0 aliphatic rings. The fourth-order valence-corrected chi connectivity index (χ4v) is 4.02. The van der Waals surface area contributed by atoms with Gasteiger partial charge in [-0.2, -0.15) is 9.78 Å². The van der Waals surface area contributed by atoms with E-state index in [1.54, 1.807) is 44.7 Å². The van der Waals surface area contributed by atoms with E-state index in [1.807, 2.05) is 42.5 Å². The summed E-state index contributed by atoms with van der Waals surface area (Å²) in [7, 11) is 3.18. The lowest BCUT2D eigenvalue weighted by molar-refractivity contribution is 0.414. The molecule has 8 heteroatoms. The van der Waals surface area contributed by atoms with Crippen LogP contribution >= 0.6 is 15.9 Å². The van der Waals surface area contributed by atoms with E-state index in [9.17, 15) is 4.79 Å². The Morgan fingerprint density at radius 1 is 0.970 bits per heavy atom. The van der Waals surface area contributed by atoms with E-state index in [4.69, 9.17) is 18.9 Å². The van der Waals surface area contributed by atoms with Gasteiger partial charge in [-0.3, -0.25) is 4.79 Å². The Hall–Kier alpha value is -3.91. The first-order valence-electron chi connectivity index (χ1n) is 10.1. The van der Waals surface area contributed by atoms with Crippen LogP contribution in [0.1, 0.15) is 5.56 Å². The highest BCUT2D eigenvalue weighted by Crippen LogP contribution is 2.33. The summed E-state index contributed by atoms with van der Waals surface area (Å²) >= 11 is 3.46. The molecule has 0 saturated carbocycles. The number of ether oxygens (including phenoxy) is 2. The Kier molecular flexibility index (Phi) is 5.43. The molecule has 0 bridgehead atoms. The first kappa shape index (κ1) is 21.0. The molecule has 0 saturated heterocycles. The number of rotatable bonds is 5. The van der Waals surface area contributed by atoms with Crippen molar-refractivity contribution in [3.8, 4) is 23.1 Å². The molecule has 164 valence electrons. The molecule has 0 radical (unpaired) electrons. The van der Waals surface area contributed by atoms with E-state index < -0.39 is 0 Å². The first-order valence-corrected chi connectivity index (χ1v) is 10.8. The molecule has 7 nitrogen and oxygen atoms in total. The Labute approximate surface area is 197 Å². The van der Waals surface area contributed by atoms with Gasteiger partial charge in [-0.15, -0.1) is 0 Å². The zero-order valence-electron chi connectivity index (χ0n) is 17.8. The van der Waals surface area contributed by atoms with Gasteiger partial charge in [0.15, 0.2) is 5.76 Å². The van der Waals surface area contributed by atoms with Crippen LogP contribution in [0.3, 0.4) is 0 Å². The summed E-state index contributed by atoms with van der Waals surface area (Å²) in [5.41, 5.74) is 1.56. The maximum Gasteiger partial charge on any atom is 0.282 e. The average molecular weight is 504 g/mol. The van der Waals surface area contributed by atoms with E-state index in [-0.39, 0.29) is 11.4 Å². The van der Waals surface area contributed by atoms with Gasteiger partial charge in [0.05, 0.1) is 36.7 Å². The lowest BCUT2D eigenvalue weighted by Gasteiger charge is -2.08. The minimum absolute atomic E-state index is 0.280. The third-order valence-corrected chi connectivity index (χ3v) is 5.71. The summed E-state index contributed by atoms with van der Waals surface area (Å²) in [5.74, 6) is 1.97. The number of hydrogen-bond acceptors (Lipinski definition) is 6. The van der Waals surface area contributed by atoms with E-state index in [0.29, 0.717) is 39.3 Å². The second kappa shape index (κ2) is 8.55. The zero-order chi connectivity index (χ0) is 22.9. The Morgan fingerprint density at radius 3 is 2.61 bits per heavy atom. The van der Waals surface area contributed by atoms with Gasteiger partial charge in [0.25, 0.3) is 5.56 Å². The maximum atomic E-state index is 13.4. The van der Waals surface area contributed by atoms with Gasteiger partial charge in [0, 0.05) is 10.0 Å². The van der Waals surface area contributed by atoms with Crippen LogP contribution in [0.4, 0.5) is 0 Å². The van der Waals surface area contributed by atoms with Crippen molar-refractivity contribution < 1.29 is 13.9 Å². The molecule has 2 aromatic heterocycles. The average Bonchev–Trinajstić information content (AvgIpc) is 3.28. The Balaban J connectivity index is 1.75. The maximum absolute atomic E-state index is 13.4. The Morgan fingerprint density at radius 2 is 1.79 bits per heavy atom. The van der Waals surface area contributed by atoms with Crippen LogP contribution < -0.4 is 15.0 Å². The predicted octanol–water partition coefficient (Wildman–Crippen LogP) is 5.47. The highest BCUT2D eigenvalue weighted by molar-refractivity contribution is 9.10. The van der Waals surface area contributed by atoms with E-state index in [0.717, 1.165) is 9.86 Å². The van der Waals surface area contributed by atoms with Crippen molar-refractivity contribution in [1.82, 2.24) is 9.66 Å². The molecular formula is C25H18BrN3O4. The van der Waals surface area contributed by atoms with Crippen molar-refractivity contribution in [3.63, 3.8) is 0 Å². The van der Waals surface area contributed by atoms with Crippen LogP contribution in [0, 0.1) is 0 Å². The van der Waals surface area contributed by atoms with Crippen LogP contribution in [0.25, 0.3) is 33.5 Å². The molecule has 0 aliphatic heterocycles. The summed E-state index contributed by atoms with van der Waals surface area (Å²) in [6.45, 7) is 0. The minimum Gasteiger partial charge on any atom is -0.496 e. The van der Waals surface area contributed by atoms with E-state index >= 15 is 0 Å². The Bertz CT molecular complexity index is 1590. The van der Waals surface area contributed by atoms with Gasteiger partial charge in [0.1, 0.15) is 17.1 Å². The normalized spacial score (nSPS) is 11.5. The molecule has 3 aromatic carbocycles. The summed E-state index contributed by atoms with van der Waals surface area (Å²) in [6, 6.07) is 20.0. The molecule has 0 spiro atoms. The third kappa shape index (κ3) is 3.78. The van der Waals surface area contributed by atoms with Crippen LogP contribution in [0.15, 0.2) is 85.5 Å². The molecule has 5 rings (SSSR count). The number of hydrogen-bond donors (Lipinski definition) is 0. The van der Waals surface area contributed by atoms with Crippen molar-refractivity contribution in [2.75, 3.05) is 14.2 Å². The fraction of sp³-hybridized carbons (Fsp3) is 0.0800. The zero-order valence-corrected chi connectivity index (χ0v) is 19.4. The van der Waals surface area contributed by atoms with Gasteiger partial charge in [0.2, 0.25) is 5.82 Å². The van der Waals surface area contributed by atoms with Gasteiger partial charge in [-0.25, -0.2) is 4.98 Å². The number of furan rings is 1. The number of nitrogens with zero attached hydrogens (tertiary/aromatic N) is 3. The van der Waals surface area contributed by atoms with Crippen LogP contribution in [-0.4, -0.2) is 30.1 Å². The molecule has 33 heavy (non-hydrogen) atoms. The molecule has 0 unspecified atom stereocenters. The summed E-state index contributed by atoms with van der Waals surface area (Å²) in [5, 5.41) is 5.72.